The molecular weight excluding hydrogens is 1120 g/mol. The molecule has 0 fully saturated rings. The Balaban J connectivity index is 1.14. The van der Waals surface area contributed by atoms with Crippen LogP contribution in [0.1, 0.15) is 0 Å². The Hall–Kier alpha value is 0.820. The Morgan fingerprint density at radius 3 is 0.900 bits per heavy atom. The monoisotopic (exact) mass is 1140 g/mol. The number of nitrogens with zero attached hydrogens (tertiary/aromatic N) is 2. The summed E-state index contributed by atoms with van der Waals surface area (Å²) >= 11 is 27.7. The molecule has 6 aliphatic heterocycles. The lowest BCUT2D eigenvalue weighted by Gasteiger charge is -2.07. The predicted molar refractivity (Wildman–Crippen MR) is 281 cm³/mol. The molecule has 0 bridgehead atoms. The summed E-state index contributed by atoms with van der Waals surface area (Å²) in [5, 5.41) is 20.8. The number of carbonyl (C=O) groups excluding carboxylic acids is 4. The van der Waals surface area contributed by atoms with Crippen molar-refractivity contribution in [2.24, 2.45) is 0 Å². The minimum atomic E-state index is -0.574. The SMILES string of the molecule is COC(=O)C1=C(C(=O)OC)SC(=C2SC(SC)=C(SCSC3=C(SCSC4=C(SC)SC(=C5SC(C(=O)OC)=C(C(=O)OC)S5)S4)SC(=C4SC(C#N)=C(C#N)S4)S3)S2)S1. The fourth-order valence-corrected chi connectivity index (χ4v) is 30.0. The summed E-state index contributed by atoms with van der Waals surface area (Å²) in [5.41, 5.74) is 0. The first-order valence-electron chi connectivity index (χ1n) is 15.6. The van der Waals surface area contributed by atoms with Gasteiger partial charge in [0.2, 0.25) is 0 Å². The molecule has 28 heteroatoms. The molecule has 60 heavy (non-hydrogen) atoms. The van der Waals surface area contributed by atoms with Crippen LogP contribution in [0.4, 0.5) is 0 Å². The van der Waals surface area contributed by atoms with Gasteiger partial charge in [-0.2, -0.15) is 10.5 Å². The molecule has 0 amide bonds. The van der Waals surface area contributed by atoms with Gasteiger partial charge in [0.05, 0.1) is 79.3 Å². The van der Waals surface area contributed by atoms with Crippen LogP contribution in [0, 0.1) is 22.7 Å². The van der Waals surface area contributed by atoms with Crippen molar-refractivity contribution in [3.8, 4) is 12.1 Å². The summed E-state index contributed by atoms with van der Waals surface area (Å²) in [6, 6.07) is 4.33. The molecule has 10 nitrogen and oxygen atoms in total. The van der Waals surface area contributed by atoms with Crippen molar-refractivity contribution >= 4 is 236 Å². The normalized spacial score (nSPS) is 19.5. The van der Waals surface area contributed by atoms with E-state index in [9.17, 15) is 29.7 Å². The Labute approximate surface area is 422 Å². The molecule has 0 radical (unpaired) electrons. The Kier molecular flexibility index (Phi) is 20.1. The molecule has 0 atom stereocenters. The zero-order chi connectivity index (χ0) is 43.1. The molecule has 0 saturated heterocycles. The molecule has 6 aliphatic rings. The van der Waals surface area contributed by atoms with Crippen LogP contribution in [0.2, 0.25) is 0 Å². The number of thioether (sulfide) groups is 18. The average molecular weight is 1140 g/mol. The molecule has 6 heterocycles. The third kappa shape index (κ3) is 11.8. The maximum atomic E-state index is 12.5. The minimum Gasteiger partial charge on any atom is -0.465 e. The molecule has 0 aromatic rings. The van der Waals surface area contributed by atoms with Gasteiger partial charge >= 0.3 is 23.9 Å². The van der Waals surface area contributed by atoms with Crippen molar-refractivity contribution in [3.63, 3.8) is 0 Å². The van der Waals surface area contributed by atoms with Crippen molar-refractivity contribution in [2.75, 3.05) is 51.1 Å². The molecule has 0 aliphatic carbocycles. The number of carbonyl (C=O) groups is 4. The molecule has 316 valence electrons. The molecule has 0 aromatic heterocycles. The van der Waals surface area contributed by atoms with E-state index in [1.54, 1.807) is 141 Å². The standard InChI is InChI=1S/C32H22N2O8S18/c1-39-17(35)13-14(18(36)40-2)52-28(51-13)31-55-21(43-5)23(57-31)45-9-47-25-26(60-30(59-25)27-49-11(7-33)12(8-34)50-27)48-10-46-24-22(44-6)56-32(58-24)29-53-15(19(37)41-3)16(54-29)20(38)42-4/h9-10H2,1-6H3. The first-order chi connectivity index (χ1) is 29.0. The van der Waals surface area contributed by atoms with Gasteiger partial charge in [-0.25, -0.2) is 19.2 Å². The number of esters is 4. The summed E-state index contributed by atoms with van der Waals surface area (Å²) in [5.74, 6) is -2.29. The fourth-order valence-electron chi connectivity index (χ4n) is 4.15. The predicted octanol–water partition coefficient (Wildman–Crippen LogP) is 13.6. The smallest absolute Gasteiger partial charge is 0.346 e. The lowest BCUT2D eigenvalue weighted by Crippen LogP contribution is -2.08. The van der Waals surface area contributed by atoms with Gasteiger partial charge in [0, 0.05) is 10.2 Å². The van der Waals surface area contributed by atoms with Gasteiger partial charge in [0.15, 0.2) is 0 Å². The van der Waals surface area contributed by atoms with E-state index in [0.29, 0.717) is 9.81 Å². The van der Waals surface area contributed by atoms with Gasteiger partial charge in [-0.15, -0.1) is 70.6 Å². The summed E-state index contributed by atoms with van der Waals surface area (Å²) in [6.07, 6.45) is 4.06. The lowest BCUT2D eigenvalue weighted by molar-refractivity contribution is -0.138. The van der Waals surface area contributed by atoms with Crippen LogP contribution in [0.3, 0.4) is 0 Å². The molecule has 0 unspecified atom stereocenters. The van der Waals surface area contributed by atoms with Crippen molar-refractivity contribution in [1.82, 2.24) is 0 Å². The van der Waals surface area contributed by atoms with Crippen LogP contribution in [-0.2, 0) is 38.1 Å². The first-order valence-corrected chi connectivity index (χ1v) is 31.7. The molecule has 0 saturated carbocycles. The number of rotatable bonds is 14. The topological polar surface area (TPSA) is 153 Å². The average Bonchev–Trinajstić information content (AvgIpc) is 4.13. The number of methoxy groups -OCH3 is 4. The summed E-state index contributed by atoms with van der Waals surface area (Å²) in [7, 11) is 5.15. The largest absolute Gasteiger partial charge is 0.465 e. The van der Waals surface area contributed by atoms with Gasteiger partial charge in [-0.1, -0.05) is 141 Å². The maximum absolute atomic E-state index is 12.5. The van der Waals surface area contributed by atoms with Gasteiger partial charge in [0.25, 0.3) is 0 Å². The van der Waals surface area contributed by atoms with Crippen LogP contribution in [0.25, 0.3) is 0 Å². The molecule has 6 rings (SSSR count). The lowest BCUT2D eigenvalue weighted by atomic mass is 10.5. The van der Waals surface area contributed by atoms with Crippen molar-refractivity contribution in [1.29, 1.82) is 10.5 Å². The Bertz CT molecular complexity index is 2100. The number of allylic oxidation sites excluding steroid dienone is 2. The summed E-state index contributed by atoms with van der Waals surface area (Å²) in [6.45, 7) is 0. The van der Waals surface area contributed by atoms with E-state index in [1.165, 1.54) is 99.0 Å². The maximum Gasteiger partial charge on any atom is 0.346 e. The van der Waals surface area contributed by atoms with Crippen LogP contribution in [-0.4, -0.2) is 75.0 Å². The first kappa shape index (κ1) is 50.2. The van der Waals surface area contributed by atoms with Crippen LogP contribution in [0.15, 0.2) is 80.3 Å². The van der Waals surface area contributed by atoms with Crippen LogP contribution in [0.5, 0.6) is 0 Å². The second-order valence-electron chi connectivity index (χ2n) is 10.1. The highest BCUT2D eigenvalue weighted by Gasteiger charge is 2.38. The van der Waals surface area contributed by atoms with E-state index >= 15 is 0 Å². The molecular formula is C32H22N2O8S18. The second kappa shape index (κ2) is 24.0. The van der Waals surface area contributed by atoms with E-state index in [0.717, 1.165) is 61.0 Å². The quantitative estimate of drug-likeness (QED) is 0.0920. The second-order valence-corrected chi connectivity index (χ2v) is 31.7. The fraction of sp³-hybridized carbons (Fsp3) is 0.250. The highest BCUT2D eigenvalue weighted by molar-refractivity contribution is 8.47. The summed E-state index contributed by atoms with van der Waals surface area (Å²) < 4.78 is 32.2. The zero-order valence-corrected chi connectivity index (χ0v) is 45.6. The van der Waals surface area contributed by atoms with Crippen molar-refractivity contribution < 1.29 is 38.1 Å². The van der Waals surface area contributed by atoms with E-state index < -0.39 is 23.9 Å². The van der Waals surface area contributed by atoms with Crippen LogP contribution >= 0.6 is 212 Å². The van der Waals surface area contributed by atoms with Gasteiger partial charge < -0.3 is 18.9 Å². The van der Waals surface area contributed by atoms with Gasteiger partial charge in [-0.05, 0) is 12.5 Å². The third-order valence-electron chi connectivity index (χ3n) is 6.72. The highest BCUT2D eigenvalue weighted by atomic mass is 32.3. The van der Waals surface area contributed by atoms with Gasteiger partial charge in [0.1, 0.15) is 41.6 Å². The van der Waals surface area contributed by atoms with E-state index in [1.807, 2.05) is 12.5 Å². The van der Waals surface area contributed by atoms with Gasteiger partial charge in [-0.3, -0.25) is 0 Å². The number of hydrogen-bond acceptors (Lipinski definition) is 28. The zero-order valence-electron chi connectivity index (χ0n) is 30.9. The van der Waals surface area contributed by atoms with E-state index in [2.05, 4.69) is 12.1 Å². The third-order valence-corrected chi connectivity index (χ3v) is 32.3. The minimum absolute atomic E-state index is 0.227. The number of nitriles is 2. The Morgan fingerprint density at radius 2 is 0.650 bits per heavy atom. The Morgan fingerprint density at radius 1 is 0.417 bits per heavy atom. The van der Waals surface area contributed by atoms with E-state index in [-0.39, 0.29) is 19.6 Å². The molecule has 0 spiro atoms. The highest BCUT2D eigenvalue weighted by Crippen LogP contribution is 2.68. The van der Waals surface area contributed by atoms with Crippen molar-refractivity contribution in [2.45, 2.75) is 0 Å². The number of ether oxygens (including phenoxy) is 4. The van der Waals surface area contributed by atoms with E-state index in [4.69, 9.17) is 18.9 Å². The van der Waals surface area contributed by atoms with Crippen LogP contribution < -0.4 is 0 Å². The molecule has 0 aromatic carbocycles. The summed E-state index contributed by atoms with van der Waals surface area (Å²) in [4.78, 5) is 51.7. The molecule has 0 N–H and O–H groups in total. The van der Waals surface area contributed by atoms with Crippen molar-refractivity contribution in [3.05, 3.63) is 80.3 Å². The number of hydrogen-bond donors (Lipinski definition) is 0.